The zero-order chi connectivity index (χ0) is 12.1. The largest absolute Gasteiger partial charge is 0.493 e. The van der Waals surface area contributed by atoms with Gasteiger partial charge in [0.2, 0.25) is 0 Å². The van der Waals surface area contributed by atoms with Crippen LogP contribution in [-0.2, 0) is 4.74 Å². The van der Waals surface area contributed by atoms with Crippen LogP contribution in [0, 0.1) is 0 Å². The van der Waals surface area contributed by atoms with Crippen LogP contribution in [0.2, 0.25) is 0 Å². The fraction of sp³-hybridized carbons (Fsp3) is 0.364. The number of methoxy groups -OCH3 is 2. The molecule has 0 unspecified atom stereocenters. The van der Waals surface area contributed by atoms with Crippen molar-refractivity contribution in [2.24, 2.45) is 0 Å². The molecule has 4 nitrogen and oxygen atoms in total. The summed E-state index contributed by atoms with van der Waals surface area (Å²) in [6, 6.07) is 3.22. The molecule has 0 aliphatic rings. The number of hydrogen-bond donors (Lipinski definition) is 0. The Labute approximate surface area is 103 Å². The molecule has 0 saturated carbocycles. The summed E-state index contributed by atoms with van der Waals surface area (Å²) >= 11 is 3.31. The van der Waals surface area contributed by atoms with Gasteiger partial charge in [-0.3, -0.25) is 0 Å². The van der Waals surface area contributed by atoms with Gasteiger partial charge in [0.1, 0.15) is 0 Å². The summed E-state index contributed by atoms with van der Waals surface area (Å²) in [6.07, 6.45) is 0. The van der Waals surface area contributed by atoms with E-state index in [0.717, 1.165) is 0 Å². The number of esters is 1. The first-order valence-electron chi connectivity index (χ1n) is 4.72. The van der Waals surface area contributed by atoms with Crippen molar-refractivity contribution in [3.63, 3.8) is 0 Å². The van der Waals surface area contributed by atoms with E-state index in [1.54, 1.807) is 19.1 Å². The Morgan fingerprint density at radius 3 is 2.50 bits per heavy atom. The number of hydrogen-bond acceptors (Lipinski definition) is 4. The van der Waals surface area contributed by atoms with Crippen molar-refractivity contribution < 1.29 is 19.0 Å². The lowest BCUT2D eigenvalue weighted by molar-refractivity contribution is 0.0526. The van der Waals surface area contributed by atoms with E-state index in [1.807, 2.05) is 0 Å². The van der Waals surface area contributed by atoms with Crippen molar-refractivity contribution in [2.75, 3.05) is 20.8 Å². The monoisotopic (exact) mass is 288 g/mol. The van der Waals surface area contributed by atoms with E-state index < -0.39 is 0 Å². The van der Waals surface area contributed by atoms with Crippen LogP contribution in [0.3, 0.4) is 0 Å². The highest BCUT2D eigenvalue weighted by Crippen LogP contribution is 2.36. The predicted molar refractivity (Wildman–Crippen MR) is 63.2 cm³/mol. The third-order valence-corrected chi connectivity index (χ3v) is 2.53. The number of halogens is 1. The third kappa shape index (κ3) is 2.66. The quantitative estimate of drug-likeness (QED) is 0.799. The summed E-state index contributed by atoms with van der Waals surface area (Å²) in [5.41, 5.74) is 0.423. The maximum Gasteiger partial charge on any atom is 0.338 e. The highest BCUT2D eigenvalue weighted by molar-refractivity contribution is 9.10. The number of carbonyl (C=O) groups excluding carboxylic acids is 1. The average Bonchev–Trinajstić information content (AvgIpc) is 2.28. The van der Waals surface area contributed by atoms with Crippen molar-refractivity contribution in [3.05, 3.63) is 22.2 Å². The first kappa shape index (κ1) is 12.8. The topological polar surface area (TPSA) is 44.8 Å². The minimum atomic E-state index is -0.385. The minimum absolute atomic E-state index is 0.338. The molecule has 5 heteroatoms. The molecule has 0 saturated heterocycles. The van der Waals surface area contributed by atoms with Gasteiger partial charge in [-0.05, 0) is 35.0 Å². The van der Waals surface area contributed by atoms with Crippen LogP contribution in [-0.4, -0.2) is 26.8 Å². The molecular formula is C11H13BrO4. The molecule has 1 aromatic rings. The van der Waals surface area contributed by atoms with Crippen molar-refractivity contribution in [3.8, 4) is 11.5 Å². The van der Waals surface area contributed by atoms with Gasteiger partial charge in [-0.15, -0.1) is 0 Å². The maximum atomic E-state index is 11.5. The van der Waals surface area contributed by atoms with Gasteiger partial charge >= 0.3 is 5.97 Å². The van der Waals surface area contributed by atoms with E-state index in [0.29, 0.717) is 28.1 Å². The molecule has 1 aromatic carbocycles. The molecular weight excluding hydrogens is 276 g/mol. The van der Waals surface area contributed by atoms with E-state index in [4.69, 9.17) is 14.2 Å². The van der Waals surface area contributed by atoms with Crippen molar-refractivity contribution in [1.29, 1.82) is 0 Å². The SMILES string of the molecule is CCOC(=O)c1cc(Br)c(OC)c(OC)c1. The first-order chi connectivity index (χ1) is 7.63. The van der Waals surface area contributed by atoms with Gasteiger partial charge in [-0.1, -0.05) is 0 Å². The molecule has 0 spiro atoms. The lowest BCUT2D eigenvalue weighted by Crippen LogP contribution is -2.05. The lowest BCUT2D eigenvalue weighted by Gasteiger charge is -2.11. The van der Waals surface area contributed by atoms with Gasteiger partial charge in [0.25, 0.3) is 0 Å². The van der Waals surface area contributed by atoms with Crippen molar-refractivity contribution in [2.45, 2.75) is 6.92 Å². The third-order valence-electron chi connectivity index (χ3n) is 1.94. The number of rotatable bonds is 4. The molecule has 0 aromatic heterocycles. The van der Waals surface area contributed by atoms with Crippen LogP contribution in [0.25, 0.3) is 0 Å². The van der Waals surface area contributed by atoms with E-state index in [1.165, 1.54) is 14.2 Å². The summed E-state index contributed by atoms with van der Waals surface area (Å²) in [6.45, 7) is 2.10. The second-order valence-corrected chi connectivity index (χ2v) is 3.77. The Hall–Kier alpha value is -1.23. The smallest absolute Gasteiger partial charge is 0.338 e. The Morgan fingerprint density at radius 2 is 2.00 bits per heavy atom. The first-order valence-corrected chi connectivity index (χ1v) is 5.52. The molecule has 0 radical (unpaired) electrons. The molecule has 0 aliphatic heterocycles. The molecule has 0 amide bonds. The summed E-state index contributed by atoms with van der Waals surface area (Å²) < 4.78 is 15.8. The Kier molecular flexibility index (Phi) is 4.61. The molecule has 88 valence electrons. The van der Waals surface area contributed by atoms with Crippen LogP contribution in [0.5, 0.6) is 11.5 Å². The van der Waals surface area contributed by atoms with Gasteiger partial charge in [-0.2, -0.15) is 0 Å². The van der Waals surface area contributed by atoms with Crippen LogP contribution < -0.4 is 9.47 Å². The summed E-state index contributed by atoms with van der Waals surface area (Å²) in [4.78, 5) is 11.5. The van der Waals surface area contributed by atoms with E-state index >= 15 is 0 Å². The van der Waals surface area contributed by atoms with Crippen molar-refractivity contribution >= 4 is 21.9 Å². The van der Waals surface area contributed by atoms with Crippen molar-refractivity contribution in [1.82, 2.24) is 0 Å². The molecule has 0 aliphatic carbocycles. The molecule has 0 bridgehead atoms. The zero-order valence-corrected chi connectivity index (χ0v) is 11.0. The van der Waals surface area contributed by atoms with Gasteiger partial charge in [0, 0.05) is 0 Å². The van der Waals surface area contributed by atoms with Crippen LogP contribution in [0.4, 0.5) is 0 Å². The standard InChI is InChI=1S/C11H13BrO4/c1-4-16-11(13)7-5-8(12)10(15-3)9(6-7)14-2/h5-6H,4H2,1-3H3. The average molecular weight is 289 g/mol. The zero-order valence-electron chi connectivity index (χ0n) is 9.37. The van der Waals surface area contributed by atoms with Crippen LogP contribution >= 0.6 is 15.9 Å². The second-order valence-electron chi connectivity index (χ2n) is 2.91. The minimum Gasteiger partial charge on any atom is -0.493 e. The normalized spacial score (nSPS) is 9.75. The molecule has 1 rings (SSSR count). The van der Waals surface area contributed by atoms with E-state index in [-0.39, 0.29) is 5.97 Å². The fourth-order valence-electron chi connectivity index (χ4n) is 1.25. The van der Waals surface area contributed by atoms with Gasteiger partial charge in [-0.25, -0.2) is 4.79 Å². The van der Waals surface area contributed by atoms with E-state index in [2.05, 4.69) is 15.9 Å². The van der Waals surface area contributed by atoms with Gasteiger partial charge in [0.05, 0.1) is 30.9 Å². The molecule has 0 N–H and O–H groups in total. The van der Waals surface area contributed by atoms with E-state index in [9.17, 15) is 4.79 Å². The van der Waals surface area contributed by atoms with Gasteiger partial charge in [0.15, 0.2) is 11.5 Å². The van der Waals surface area contributed by atoms with Crippen LogP contribution in [0.15, 0.2) is 16.6 Å². The summed E-state index contributed by atoms with van der Waals surface area (Å²) in [7, 11) is 3.05. The summed E-state index contributed by atoms with van der Waals surface area (Å²) in [5, 5.41) is 0. The molecule has 16 heavy (non-hydrogen) atoms. The second kappa shape index (κ2) is 5.75. The Balaban J connectivity index is 3.15. The Morgan fingerprint density at radius 1 is 1.31 bits per heavy atom. The van der Waals surface area contributed by atoms with Crippen LogP contribution in [0.1, 0.15) is 17.3 Å². The lowest BCUT2D eigenvalue weighted by atomic mass is 10.2. The molecule has 0 fully saturated rings. The predicted octanol–water partition coefficient (Wildman–Crippen LogP) is 2.64. The molecule has 0 heterocycles. The Bertz CT molecular complexity index is 390. The van der Waals surface area contributed by atoms with Gasteiger partial charge < -0.3 is 14.2 Å². The number of ether oxygens (including phenoxy) is 3. The highest BCUT2D eigenvalue weighted by Gasteiger charge is 2.15. The number of carbonyl (C=O) groups is 1. The maximum absolute atomic E-state index is 11.5. The number of benzene rings is 1. The molecule has 0 atom stereocenters. The summed E-state index contributed by atoms with van der Waals surface area (Å²) in [5.74, 6) is 0.652. The fourth-order valence-corrected chi connectivity index (χ4v) is 1.85. The highest BCUT2D eigenvalue weighted by atomic mass is 79.9.